The number of hydrogen-bond acceptors (Lipinski definition) is 5. The summed E-state index contributed by atoms with van der Waals surface area (Å²) < 4.78 is 2.06. The first-order chi connectivity index (χ1) is 8.74. The van der Waals surface area contributed by atoms with E-state index in [4.69, 9.17) is 18.0 Å². The third-order valence-corrected chi connectivity index (χ3v) is 3.21. The van der Waals surface area contributed by atoms with Crippen LogP contribution in [0.3, 0.4) is 0 Å². The molecule has 0 radical (unpaired) electrons. The zero-order chi connectivity index (χ0) is 12.5. The third kappa shape index (κ3) is 1.92. The number of nitrogens with zero attached hydrogens (tertiary/aromatic N) is 5. The van der Waals surface area contributed by atoms with Crippen molar-refractivity contribution in [3.05, 3.63) is 36.2 Å². The van der Waals surface area contributed by atoms with Crippen LogP contribution >= 0.6 is 12.2 Å². The van der Waals surface area contributed by atoms with E-state index in [1.54, 1.807) is 12.5 Å². The van der Waals surface area contributed by atoms with E-state index < -0.39 is 0 Å². The second kappa shape index (κ2) is 4.34. The maximum absolute atomic E-state index is 5.53. The standard InChI is InChI=1S/C11H12N6S/c12-11(18)9-2-1-8(5-13-9)16-3-4-17-7-14-15-10(17)6-16/h1-2,5,7H,3-4,6H2,(H2,12,18). The van der Waals surface area contributed by atoms with Crippen LogP contribution in [0, 0.1) is 0 Å². The van der Waals surface area contributed by atoms with Crippen LogP contribution in [0.4, 0.5) is 5.69 Å². The molecule has 0 aliphatic carbocycles. The van der Waals surface area contributed by atoms with Gasteiger partial charge in [-0.1, -0.05) is 12.2 Å². The molecule has 0 aromatic carbocycles. The van der Waals surface area contributed by atoms with Gasteiger partial charge < -0.3 is 15.2 Å². The van der Waals surface area contributed by atoms with Gasteiger partial charge in [0, 0.05) is 13.1 Å². The van der Waals surface area contributed by atoms with Crippen molar-refractivity contribution in [2.24, 2.45) is 5.73 Å². The van der Waals surface area contributed by atoms with E-state index in [1.165, 1.54) is 0 Å². The van der Waals surface area contributed by atoms with Crippen LogP contribution in [-0.4, -0.2) is 31.3 Å². The Hall–Kier alpha value is -2.02. The topological polar surface area (TPSA) is 72.9 Å². The Morgan fingerprint density at radius 1 is 1.33 bits per heavy atom. The number of hydrogen-bond donors (Lipinski definition) is 1. The molecule has 0 amide bonds. The molecule has 18 heavy (non-hydrogen) atoms. The molecule has 0 bridgehead atoms. The van der Waals surface area contributed by atoms with Crippen LogP contribution in [0.5, 0.6) is 0 Å². The van der Waals surface area contributed by atoms with Crippen LogP contribution in [0.15, 0.2) is 24.7 Å². The number of nitrogens with two attached hydrogens (primary N) is 1. The molecule has 3 rings (SSSR count). The van der Waals surface area contributed by atoms with Crippen molar-refractivity contribution >= 4 is 22.9 Å². The summed E-state index contributed by atoms with van der Waals surface area (Å²) in [5, 5.41) is 7.99. The van der Waals surface area contributed by atoms with Gasteiger partial charge in [0.05, 0.1) is 24.1 Å². The van der Waals surface area contributed by atoms with Crippen LogP contribution in [0.25, 0.3) is 0 Å². The van der Waals surface area contributed by atoms with E-state index >= 15 is 0 Å². The molecule has 2 N–H and O–H groups in total. The van der Waals surface area contributed by atoms with E-state index in [0.29, 0.717) is 10.7 Å². The molecular weight excluding hydrogens is 248 g/mol. The Kier molecular flexibility index (Phi) is 2.67. The average molecular weight is 260 g/mol. The van der Waals surface area contributed by atoms with Gasteiger partial charge in [0.1, 0.15) is 11.3 Å². The van der Waals surface area contributed by atoms with Gasteiger partial charge in [-0.15, -0.1) is 10.2 Å². The van der Waals surface area contributed by atoms with E-state index in [1.807, 2.05) is 12.1 Å². The summed E-state index contributed by atoms with van der Waals surface area (Å²) in [4.78, 5) is 6.77. The first kappa shape index (κ1) is 11.1. The highest BCUT2D eigenvalue weighted by Crippen LogP contribution is 2.18. The predicted molar refractivity (Wildman–Crippen MR) is 71.2 cm³/mol. The lowest BCUT2D eigenvalue weighted by molar-refractivity contribution is 0.559. The van der Waals surface area contributed by atoms with E-state index in [-0.39, 0.29) is 0 Å². The Bertz CT molecular complexity index is 575. The molecule has 0 spiro atoms. The second-order valence-corrected chi connectivity index (χ2v) is 4.57. The molecule has 0 saturated carbocycles. The lowest BCUT2D eigenvalue weighted by atomic mass is 10.2. The van der Waals surface area contributed by atoms with Gasteiger partial charge in [-0.3, -0.25) is 4.98 Å². The van der Waals surface area contributed by atoms with Crippen LogP contribution in [0.2, 0.25) is 0 Å². The number of rotatable bonds is 2. The minimum absolute atomic E-state index is 0.319. The summed E-state index contributed by atoms with van der Waals surface area (Å²) >= 11 is 4.88. The molecule has 1 aliphatic heterocycles. The lowest BCUT2D eigenvalue weighted by Gasteiger charge is -2.28. The second-order valence-electron chi connectivity index (χ2n) is 4.13. The van der Waals surface area contributed by atoms with Crippen LogP contribution in [-0.2, 0) is 13.1 Å². The Morgan fingerprint density at radius 3 is 2.94 bits per heavy atom. The summed E-state index contributed by atoms with van der Waals surface area (Å²) in [6.07, 6.45) is 3.56. The fourth-order valence-electron chi connectivity index (χ4n) is 2.01. The smallest absolute Gasteiger partial charge is 0.152 e. The van der Waals surface area contributed by atoms with Crippen molar-refractivity contribution in [3.63, 3.8) is 0 Å². The Balaban J connectivity index is 1.82. The monoisotopic (exact) mass is 260 g/mol. The maximum atomic E-state index is 5.53. The molecule has 2 aromatic rings. The Labute approximate surface area is 109 Å². The lowest BCUT2D eigenvalue weighted by Crippen LogP contribution is -2.33. The molecule has 7 heteroatoms. The highest BCUT2D eigenvalue weighted by atomic mass is 32.1. The summed E-state index contributed by atoms with van der Waals surface area (Å²) in [5.74, 6) is 0.972. The molecule has 3 heterocycles. The van der Waals surface area contributed by atoms with Gasteiger partial charge in [-0.25, -0.2) is 0 Å². The molecule has 0 unspecified atom stereocenters. The SMILES string of the molecule is NC(=S)c1ccc(N2CCn3cnnc3C2)cn1. The summed E-state index contributed by atoms with van der Waals surface area (Å²) in [5.41, 5.74) is 7.22. The van der Waals surface area contributed by atoms with Crippen LogP contribution in [0.1, 0.15) is 11.5 Å². The largest absolute Gasteiger partial charge is 0.388 e. The number of anilines is 1. The van der Waals surface area contributed by atoms with Gasteiger partial charge in [0.15, 0.2) is 5.82 Å². The highest BCUT2D eigenvalue weighted by molar-refractivity contribution is 7.80. The maximum Gasteiger partial charge on any atom is 0.152 e. The molecule has 1 aliphatic rings. The van der Waals surface area contributed by atoms with E-state index in [2.05, 4.69) is 24.6 Å². The summed E-state index contributed by atoms with van der Waals surface area (Å²) in [7, 11) is 0. The van der Waals surface area contributed by atoms with Crippen LogP contribution < -0.4 is 10.6 Å². The molecule has 2 aromatic heterocycles. The molecule has 0 saturated heterocycles. The highest BCUT2D eigenvalue weighted by Gasteiger charge is 2.17. The minimum atomic E-state index is 0.319. The molecule has 0 fully saturated rings. The van der Waals surface area contributed by atoms with Crippen molar-refractivity contribution in [3.8, 4) is 0 Å². The zero-order valence-corrected chi connectivity index (χ0v) is 10.5. The fourth-order valence-corrected chi connectivity index (χ4v) is 2.13. The quantitative estimate of drug-likeness (QED) is 0.784. The van der Waals surface area contributed by atoms with Crippen molar-refractivity contribution in [1.29, 1.82) is 0 Å². The van der Waals surface area contributed by atoms with Crippen molar-refractivity contribution in [1.82, 2.24) is 19.7 Å². The number of thiocarbonyl (C=S) groups is 1. The minimum Gasteiger partial charge on any atom is -0.388 e. The molecule has 6 nitrogen and oxygen atoms in total. The van der Waals surface area contributed by atoms with Gasteiger partial charge in [-0.05, 0) is 12.1 Å². The van der Waals surface area contributed by atoms with Gasteiger partial charge in [0.2, 0.25) is 0 Å². The van der Waals surface area contributed by atoms with E-state index in [9.17, 15) is 0 Å². The van der Waals surface area contributed by atoms with Crippen molar-refractivity contribution in [2.45, 2.75) is 13.1 Å². The number of fused-ring (bicyclic) bond motifs is 1. The molecular formula is C11H12N6S. The zero-order valence-electron chi connectivity index (χ0n) is 9.65. The summed E-state index contributed by atoms with van der Waals surface area (Å²) in [6, 6.07) is 3.82. The first-order valence-corrected chi connectivity index (χ1v) is 6.02. The fraction of sp³-hybridized carbons (Fsp3) is 0.273. The summed E-state index contributed by atoms with van der Waals surface area (Å²) in [6.45, 7) is 2.55. The number of aromatic nitrogens is 4. The van der Waals surface area contributed by atoms with Gasteiger partial charge in [0.25, 0.3) is 0 Å². The van der Waals surface area contributed by atoms with Crippen molar-refractivity contribution < 1.29 is 0 Å². The predicted octanol–water partition coefficient (Wildman–Crippen LogP) is 0.327. The normalized spacial score (nSPS) is 14.3. The first-order valence-electron chi connectivity index (χ1n) is 5.61. The third-order valence-electron chi connectivity index (χ3n) is 3.00. The molecule has 92 valence electrons. The van der Waals surface area contributed by atoms with Gasteiger partial charge >= 0.3 is 0 Å². The van der Waals surface area contributed by atoms with Gasteiger partial charge in [-0.2, -0.15) is 0 Å². The van der Waals surface area contributed by atoms with E-state index in [0.717, 1.165) is 31.1 Å². The average Bonchev–Trinajstić information content (AvgIpc) is 2.86. The Morgan fingerprint density at radius 2 is 2.22 bits per heavy atom. The van der Waals surface area contributed by atoms with Crippen molar-refractivity contribution in [2.75, 3.05) is 11.4 Å². The molecule has 0 atom stereocenters. The number of pyridine rings is 1.